The maximum absolute atomic E-state index is 6.10. The van der Waals surface area contributed by atoms with Gasteiger partial charge in [-0.3, -0.25) is 0 Å². The van der Waals surface area contributed by atoms with E-state index in [2.05, 4.69) is 10.2 Å². The lowest BCUT2D eigenvalue weighted by Gasteiger charge is -2.11. The van der Waals surface area contributed by atoms with Crippen LogP contribution < -0.4 is 15.3 Å². The molecule has 25 heavy (non-hydrogen) atoms. The van der Waals surface area contributed by atoms with Gasteiger partial charge in [-0.25, -0.2) is 0 Å². The van der Waals surface area contributed by atoms with Crippen molar-refractivity contribution in [1.82, 2.24) is 9.78 Å². The van der Waals surface area contributed by atoms with Gasteiger partial charge in [0.05, 0.1) is 29.8 Å². The number of para-hydroxylation sites is 1. The molecule has 6 heteroatoms. The Hall–Kier alpha value is -3.28. The lowest BCUT2D eigenvalue weighted by Crippen LogP contribution is -2.01. The summed E-state index contributed by atoms with van der Waals surface area (Å²) >= 11 is 0. The summed E-state index contributed by atoms with van der Waals surface area (Å²) in [5.41, 5.74) is 2.41. The second-order valence-electron chi connectivity index (χ2n) is 5.34. The largest absolute Gasteiger partial charge is 0.494 e. The quantitative estimate of drug-likeness (QED) is 0.423. The first-order valence-corrected chi connectivity index (χ1v) is 8.02. The van der Waals surface area contributed by atoms with Crippen molar-refractivity contribution in [2.75, 3.05) is 6.61 Å². The van der Waals surface area contributed by atoms with Crippen LogP contribution >= 0.6 is 0 Å². The van der Waals surface area contributed by atoms with E-state index in [0.717, 1.165) is 22.7 Å². The highest BCUT2D eigenvalue weighted by Crippen LogP contribution is 2.30. The summed E-state index contributed by atoms with van der Waals surface area (Å²) < 4.78 is 13.3. The van der Waals surface area contributed by atoms with Gasteiger partial charge in [-0.15, -0.1) is 0 Å². The molecule has 1 heterocycles. The van der Waals surface area contributed by atoms with E-state index in [9.17, 15) is 0 Å². The van der Waals surface area contributed by atoms with Crippen molar-refractivity contribution in [3.8, 4) is 23.1 Å². The number of rotatable bonds is 6. The lowest BCUT2D eigenvalue weighted by atomic mass is 10.2. The molecule has 0 bridgehead atoms. The first-order valence-electron chi connectivity index (χ1n) is 8.02. The van der Waals surface area contributed by atoms with Gasteiger partial charge >= 0.3 is 0 Å². The fourth-order valence-electron chi connectivity index (χ4n) is 2.47. The lowest BCUT2D eigenvalue weighted by molar-refractivity contribution is 0.339. The zero-order chi connectivity index (χ0) is 17.6. The van der Waals surface area contributed by atoms with Crippen LogP contribution in [0.4, 0.5) is 0 Å². The number of ether oxygens (including phenoxy) is 2. The highest BCUT2D eigenvalue weighted by atomic mass is 16.5. The summed E-state index contributed by atoms with van der Waals surface area (Å²) in [4.78, 5) is 0. The van der Waals surface area contributed by atoms with Crippen LogP contribution in [-0.4, -0.2) is 22.6 Å². The number of aromatic nitrogens is 2. The van der Waals surface area contributed by atoms with Gasteiger partial charge in [-0.05, 0) is 50.2 Å². The molecule has 0 amide bonds. The van der Waals surface area contributed by atoms with E-state index in [-0.39, 0.29) is 0 Å². The number of aryl methyl sites for hydroxylation is 1. The van der Waals surface area contributed by atoms with Crippen LogP contribution in [0.5, 0.6) is 17.4 Å². The summed E-state index contributed by atoms with van der Waals surface area (Å²) in [6.07, 6.45) is 1.55. The summed E-state index contributed by atoms with van der Waals surface area (Å²) in [7, 11) is 0. The number of hydrazone groups is 1. The van der Waals surface area contributed by atoms with Gasteiger partial charge in [0.2, 0.25) is 5.88 Å². The number of nitrogens with two attached hydrogens (primary N) is 1. The molecule has 0 saturated heterocycles. The highest BCUT2D eigenvalue weighted by Gasteiger charge is 2.17. The van der Waals surface area contributed by atoms with E-state index in [4.69, 9.17) is 15.3 Å². The fraction of sp³-hybridized carbons (Fsp3) is 0.158. The standard InChI is InChI=1S/C19H20N4O2/c1-3-24-16-9-11-17(12-10-16)25-19-18(13-21-20)14(2)22-23(19)15-7-5-4-6-8-15/h4-13H,3,20H2,1-2H3/b21-13-. The average Bonchev–Trinajstić information content (AvgIpc) is 2.94. The summed E-state index contributed by atoms with van der Waals surface area (Å²) in [5.74, 6) is 7.38. The smallest absolute Gasteiger partial charge is 0.231 e. The zero-order valence-corrected chi connectivity index (χ0v) is 14.2. The Kier molecular flexibility index (Phi) is 4.99. The van der Waals surface area contributed by atoms with E-state index in [0.29, 0.717) is 18.2 Å². The average molecular weight is 336 g/mol. The molecule has 1 aromatic heterocycles. The van der Waals surface area contributed by atoms with Gasteiger partial charge in [-0.1, -0.05) is 18.2 Å². The summed E-state index contributed by atoms with van der Waals surface area (Å²) in [6, 6.07) is 17.2. The second kappa shape index (κ2) is 7.53. The third-order valence-electron chi connectivity index (χ3n) is 3.62. The molecule has 0 spiro atoms. The molecule has 2 aromatic carbocycles. The highest BCUT2D eigenvalue weighted by molar-refractivity contribution is 5.84. The molecule has 0 atom stereocenters. The Morgan fingerprint density at radius 3 is 2.40 bits per heavy atom. The van der Waals surface area contributed by atoms with Gasteiger partial charge < -0.3 is 15.3 Å². The first kappa shape index (κ1) is 16.6. The number of benzene rings is 2. The van der Waals surface area contributed by atoms with Crippen molar-refractivity contribution in [1.29, 1.82) is 0 Å². The van der Waals surface area contributed by atoms with Crippen LogP contribution in [0.1, 0.15) is 18.2 Å². The Balaban J connectivity index is 2.01. The van der Waals surface area contributed by atoms with E-state index in [1.807, 2.05) is 68.4 Å². The zero-order valence-electron chi connectivity index (χ0n) is 14.2. The maximum Gasteiger partial charge on any atom is 0.231 e. The van der Waals surface area contributed by atoms with Gasteiger partial charge in [0.1, 0.15) is 11.5 Å². The van der Waals surface area contributed by atoms with Crippen LogP contribution in [-0.2, 0) is 0 Å². The van der Waals surface area contributed by atoms with E-state index >= 15 is 0 Å². The summed E-state index contributed by atoms with van der Waals surface area (Å²) in [6.45, 7) is 4.46. The van der Waals surface area contributed by atoms with Crippen LogP contribution in [0.3, 0.4) is 0 Å². The van der Waals surface area contributed by atoms with Crippen molar-refractivity contribution in [3.63, 3.8) is 0 Å². The van der Waals surface area contributed by atoms with Gasteiger partial charge in [-0.2, -0.15) is 14.9 Å². The van der Waals surface area contributed by atoms with Crippen LogP contribution in [0.15, 0.2) is 59.7 Å². The molecule has 0 unspecified atom stereocenters. The number of hydrogen-bond donors (Lipinski definition) is 1. The molecule has 0 saturated carbocycles. The molecular weight excluding hydrogens is 316 g/mol. The van der Waals surface area contributed by atoms with Gasteiger partial charge in [0.15, 0.2) is 0 Å². The topological polar surface area (TPSA) is 74.7 Å². The number of nitrogens with zero attached hydrogens (tertiary/aromatic N) is 3. The van der Waals surface area contributed by atoms with Crippen LogP contribution in [0, 0.1) is 6.92 Å². The minimum Gasteiger partial charge on any atom is -0.494 e. The third-order valence-corrected chi connectivity index (χ3v) is 3.62. The van der Waals surface area contributed by atoms with Crippen LogP contribution in [0.25, 0.3) is 5.69 Å². The molecule has 6 nitrogen and oxygen atoms in total. The Morgan fingerprint density at radius 2 is 1.76 bits per heavy atom. The SMILES string of the molecule is CCOc1ccc(Oc2c(/C=N\N)c(C)nn2-c2ccccc2)cc1. The molecule has 0 aliphatic rings. The third kappa shape index (κ3) is 3.63. The van der Waals surface area contributed by atoms with E-state index in [1.165, 1.54) is 0 Å². The second-order valence-corrected chi connectivity index (χ2v) is 5.34. The maximum atomic E-state index is 6.10. The number of hydrogen-bond acceptors (Lipinski definition) is 5. The Bertz CT molecular complexity index is 855. The van der Waals surface area contributed by atoms with Crippen molar-refractivity contribution >= 4 is 6.21 Å². The molecule has 3 rings (SSSR count). The fourth-order valence-corrected chi connectivity index (χ4v) is 2.47. The molecule has 3 aromatic rings. The first-order chi connectivity index (χ1) is 12.2. The minimum absolute atomic E-state index is 0.557. The predicted octanol–water partition coefficient (Wildman–Crippen LogP) is 3.66. The predicted molar refractivity (Wildman–Crippen MR) is 97.8 cm³/mol. The minimum atomic E-state index is 0.557. The van der Waals surface area contributed by atoms with Gasteiger partial charge in [0.25, 0.3) is 0 Å². The Morgan fingerprint density at radius 1 is 1.08 bits per heavy atom. The molecule has 0 fully saturated rings. The van der Waals surface area contributed by atoms with E-state index < -0.39 is 0 Å². The summed E-state index contributed by atoms with van der Waals surface area (Å²) in [5, 5.41) is 8.20. The molecular formula is C19H20N4O2. The molecule has 0 aliphatic heterocycles. The van der Waals surface area contributed by atoms with Crippen molar-refractivity contribution in [3.05, 3.63) is 65.9 Å². The van der Waals surface area contributed by atoms with E-state index in [1.54, 1.807) is 10.9 Å². The van der Waals surface area contributed by atoms with Crippen molar-refractivity contribution in [2.24, 2.45) is 10.9 Å². The van der Waals surface area contributed by atoms with Crippen molar-refractivity contribution < 1.29 is 9.47 Å². The normalized spacial score (nSPS) is 11.0. The Labute approximate surface area is 146 Å². The molecule has 0 radical (unpaired) electrons. The molecule has 128 valence electrons. The monoisotopic (exact) mass is 336 g/mol. The van der Waals surface area contributed by atoms with Gasteiger partial charge in [0, 0.05) is 0 Å². The van der Waals surface area contributed by atoms with Crippen LogP contribution in [0.2, 0.25) is 0 Å². The molecule has 2 N–H and O–H groups in total. The molecule has 0 aliphatic carbocycles. The van der Waals surface area contributed by atoms with Crippen molar-refractivity contribution in [2.45, 2.75) is 13.8 Å².